The van der Waals surface area contributed by atoms with Gasteiger partial charge in [0, 0.05) is 0 Å². The van der Waals surface area contributed by atoms with Crippen molar-refractivity contribution in [3.05, 3.63) is 83.9 Å². The normalized spacial score (nSPS) is 11.2. The maximum Gasteiger partial charge on any atom is -0.0177 e. The van der Waals surface area contributed by atoms with Crippen LogP contribution < -0.4 is 0 Å². The lowest BCUT2D eigenvalue weighted by Gasteiger charge is -2.08. The number of rotatable bonds is 2. The molecule has 0 fully saturated rings. The van der Waals surface area contributed by atoms with E-state index in [4.69, 9.17) is 0 Å². The van der Waals surface area contributed by atoms with E-state index in [1.54, 1.807) is 0 Å². The van der Waals surface area contributed by atoms with Crippen LogP contribution in [0.25, 0.3) is 32.7 Å². The van der Waals surface area contributed by atoms with Crippen molar-refractivity contribution in [3.8, 4) is 11.1 Å². The largest absolute Gasteiger partial charge is 0.0613 e. The maximum absolute atomic E-state index is 2.30. The van der Waals surface area contributed by atoms with E-state index in [1.165, 1.54) is 43.8 Å². The fraction of sp³-hybridized carbons (Fsp3) is 0.130. The highest BCUT2D eigenvalue weighted by molar-refractivity contribution is 5.91. The van der Waals surface area contributed by atoms with Gasteiger partial charge < -0.3 is 0 Å². The summed E-state index contributed by atoms with van der Waals surface area (Å²) in [6.45, 7) is 4.34. The zero-order chi connectivity index (χ0) is 15.8. The number of hydrogen-bond donors (Lipinski definition) is 0. The molecule has 0 nitrogen and oxygen atoms in total. The number of benzene rings is 4. The molecule has 0 aliphatic heterocycles. The molecule has 0 unspecified atom stereocenters. The summed E-state index contributed by atoms with van der Waals surface area (Å²) in [5, 5.41) is 5.24. The average molecular weight is 296 g/mol. The predicted octanol–water partition coefficient (Wildman–Crippen LogP) is 6.53. The second-order valence-electron chi connectivity index (χ2n) is 6.32. The van der Waals surface area contributed by atoms with Crippen molar-refractivity contribution >= 4 is 21.5 Å². The maximum atomic E-state index is 2.30. The van der Waals surface area contributed by atoms with Crippen molar-refractivity contribution in [3.63, 3.8) is 0 Å². The van der Waals surface area contributed by atoms with Gasteiger partial charge in [0.25, 0.3) is 0 Å². The van der Waals surface area contributed by atoms with Crippen LogP contribution in [0.1, 0.15) is 18.1 Å². The van der Waals surface area contributed by atoms with Crippen LogP contribution in [0.5, 0.6) is 0 Å². The monoisotopic (exact) mass is 296 g/mol. The number of aryl methyl sites for hydroxylation is 2. The molecule has 0 heteroatoms. The minimum atomic E-state index is 1.09. The first-order valence-electron chi connectivity index (χ1n) is 8.26. The lowest BCUT2D eigenvalue weighted by molar-refractivity contribution is 1.15. The Morgan fingerprint density at radius 3 is 1.74 bits per heavy atom. The van der Waals surface area contributed by atoms with Gasteiger partial charge in [0.15, 0.2) is 0 Å². The Morgan fingerprint density at radius 1 is 0.565 bits per heavy atom. The predicted molar refractivity (Wildman–Crippen MR) is 101 cm³/mol. The molecule has 23 heavy (non-hydrogen) atoms. The first kappa shape index (κ1) is 14.0. The smallest absolute Gasteiger partial charge is 0.0177 e. The van der Waals surface area contributed by atoms with Crippen molar-refractivity contribution in [1.29, 1.82) is 0 Å². The van der Waals surface area contributed by atoms with Gasteiger partial charge in [-0.05, 0) is 63.7 Å². The van der Waals surface area contributed by atoms with Crippen LogP contribution in [-0.2, 0) is 6.42 Å². The fourth-order valence-corrected chi connectivity index (χ4v) is 3.24. The summed E-state index contributed by atoms with van der Waals surface area (Å²) < 4.78 is 0. The Balaban J connectivity index is 1.83. The average Bonchev–Trinajstić information content (AvgIpc) is 2.60. The molecular weight excluding hydrogens is 276 g/mol. The molecule has 0 saturated heterocycles. The molecule has 0 aliphatic carbocycles. The lowest BCUT2D eigenvalue weighted by Crippen LogP contribution is -1.83. The first-order valence-corrected chi connectivity index (χ1v) is 8.26. The SMILES string of the molecule is CCc1ccc2cc(-c3ccc4cc(C)ccc4c3)ccc2c1. The van der Waals surface area contributed by atoms with Crippen LogP contribution in [0.3, 0.4) is 0 Å². The van der Waals surface area contributed by atoms with E-state index < -0.39 is 0 Å². The second-order valence-corrected chi connectivity index (χ2v) is 6.32. The Morgan fingerprint density at radius 2 is 1.09 bits per heavy atom. The molecule has 0 radical (unpaired) electrons. The van der Waals surface area contributed by atoms with E-state index in [0.717, 1.165) is 6.42 Å². The second kappa shape index (κ2) is 5.55. The van der Waals surface area contributed by atoms with Gasteiger partial charge in [-0.25, -0.2) is 0 Å². The van der Waals surface area contributed by atoms with Gasteiger partial charge in [0.1, 0.15) is 0 Å². The third-order valence-corrected chi connectivity index (χ3v) is 4.64. The van der Waals surface area contributed by atoms with Gasteiger partial charge in [-0.15, -0.1) is 0 Å². The Kier molecular flexibility index (Phi) is 3.38. The van der Waals surface area contributed by atoms with Gasteiger partial charge in [-0.3, -0.25) is 0 Å². The van der Waals surface area contributed by atoms with Crippen molar-refractivity contribution in [2.45, 2.75) is 20.3 Å². The minimum absolute atomic E-state index is 1.09. The summed E-state index contributed by atoms with van der Waals surface area (Å²) in [6.07, 6.45) is 1.09. The van der Waals surface area contributed by atoms with E-state index in [9.17, 15) is 0 Å². The third kappa shape index (κ3) is 2.61. The van der Waals surface area contributed by atoms with Gasteiger partial charge >= 0.3 is 0 Å². The van der Waals surface area contributed by atoms with Gasteiger partial charge in [-0.1, -0.05) is 73.2 Å². The molecule has 4 rings (SSSR count). The van der Waals surface area contributed by atoms with Crippen molar-refractivity contribution in [1.82, 2.24) is 0 Å². The van der Waals surface area contributed by atoms with Crippen LogP contribution in [0.4, 0.5) is 0 Å². The van der Waals surface area contributed by atoms with Crippen molar-refractivity contribution in [2.75, 3.05) is 0 Å². The summed E-state index contributed by atoms with van der Waals surface area (Å²) in [5.74, 6) is 0. The summed E-state index contributed by atoms with van der Waals surface area (Å²) in [6, 6.07) is 26.9. The fourth-order valence-electron chi connectivity index (χ4n) is 3.24. The molecule has 0 bridgehead atoms. The summed E-state index contributed by atoms with van der Waals surface area (Å²) in [4.78, 5) is 0. The Labute approximate surface area is 137 Å². The van der Waals surface area contributed by atoms with Gasteiger partial charge in [-0.2, -0.15) is 0 Å². The molecule has 0 amide bonds. The molecule has 0 aliphatic rings. The van der Waals surface area contributed by atoms with E-state index in [1.807, 2.05) is 0 Å². The highest BCUT2D eigenvalue weighted by atomic mass is 14.1. The van der Waals surface area contributed by atoms with Crippen LogP contribution in [0, 0.1) is 6.92 Å². The van der Waals surface area contributed by atoms with Crippen LogP contribution in [-0.4, -0.2) is 0 Å². The van der Waals surface area contributed by atoms with Crippen LogP contribution >= 0.6 is 0 Å². The summed E-state index contributed by atoms with van der Waals surface area (Å²) in [7, 11) is 0. The Hall–Kier alpha value is -2.60. The Bertz CT molecular complexity index is 1010. The lowest BCUT2D eigenvalue weighted by atomic mass is 9.97. The van der Waals surface area contributed by atoms with Crippen molar-refractivity contribution in [2.24, 2.45) is 0 Å². The molecule has 0 N–H and O–H groups in total. The van der Waals surface area contributed by atoms with E-state index in [0.29, 0.717) is 0 Å². The van der Waals surface area contributed by atoms with Crippen LogP contribution in [0.2, 0.25) is 0 Å². The third-order valence-electron chi connectivity index (χ3n) is 4.64. The van der Waals surface area contributed by atoms with Crippen molar-refractivity contribution < 1.29 is 0 Å². The molecule has 0 atom stereocenters. The highest BCUT2D eigenvalue weighted by Gasteiger charge is 2.03. The number of hydrogen-bond acceptors (Lipinski definition) is 0. The van der Waals surface area contributed by atoms with E-state index in [-0.39, 0.29) is 0 Å². The molecule has 112 valence electrons. The molecule has 4 aromatic rings. The zero-order valence-electron chi connectivity index (χ0n) is 13.6. The summed E-state index contributed by atoms with van der Waals surface area (Å²) >= 11 is 0. The molecule has 0 saturated carbocycles. The molecule has 0 aromatic heterocycles. The molecule has 0 spiro atoms. The highest BCUT2D eigenvalue weighted by Crippen LogP contribution is 2.28. The standard InChI is InChI=1S/C23H20/c1-3-17-5-7-21-15-23(11-9-19(21)13-17)22-10-8-18-12-16(2)4-6-20(18)14-22/h4-15H,3H2,1-2H3. The van der Waals surface area contributed by atoms with Gasteiger partial charge in [0.2, 0.25) is 0 Å². The van der Waals surface area contributed by atoms with E-state index >= 15 is 0 Å². The van der Waals surface area contributed by atoms with Gasteiger partial charge in [0.05, 0.1) is 0 Å². The quantitative estimate of drug-likeness (QED) is 0.394. The summed E-state index contributed by atoms with van der Waals surface area (Å²) in [5.41, 5.74) is 5.26. The molecule has 4 aromatic carbocycles. The van der Waals surface area contributed by atoms with E-state index in [2.05, 4.69) is 86.6 Å². The number of fused-ring (bicyclic) bond motifs is 2. The minimum Gasteiger partial charge on any atom is -0.0613 e. The first-order chi connectivity index (χ1) is 11.2. The zero-order valence-corrected chi connectivity index (χ0v) is 13.6. The molecular formula is C23H20. The molecule has 0 heterocycles. The van der Waals surface area contributed by atoms with Crippen LogP contribution in [0.15, 0.2) is 72.8 Å². The topological polar surface area (TPSA) is 0 Å².